The van der Waals surface area contributed by atoms with Crippen LogP contribution in [0.3, 0.4) is 0 Å². The Morgan fingerprint density at radius 2 is 1.74 bits per heavy atom. The van der Waals surface area contributed by atoms with Crippen molar-refractivity contribution < 1.29 is 13.6 Å². The Hall–Kier alpha value is -3.67. The van der Waals surface area contributed by atoms with Crippen LogP contribution in [0.2, 0.25) is 0 Å². The molecule has 1 spiro atoms. The molecular formula is C28H25F2N3O. The smallest absolute Gasteiger partial charge is 0.322 e. The van der Waals surface area contributed by atoms with E-state index in [9.17, 15) is 13.6 Å². The maximum absolute atomic E-state index is 14.3. The van der Waals surface area contributed by atoms with Gasteiger partial charge in [-0.3, -0.25) is 0 Å². The molecule has 2 aliphatic rings. The van der Waals surface area contributed by atoms with E-state index in [-0.39, 0.29) is 11.4 Å². The second-order valence-electron chi connectivity index (χ2n) is 9.75. The van der Waals surface area contributed by atoms with E-state index in [0.717, 1.165) is 52.3 Å². The maximum Gasteiger partial charge on any atom is 0.322 e. The number of anilines is 1. The SMILES string of the molecule is Cc1cc(C)cc(NC(=O)N2CC3(CC3)c3c([nH]c4ccccc34)C2c2ccc(F)c(F)c2)c1. The number of benzene rings is 3. The molecule has 0 saturated heterocycles. The topological polar surface area (TPSA) is 48.1 Å². The molecule has 0 bridgehead atoms. The molecule has 4 nitrogen and oxygen atoms in total. The summed E-state index contributed by atoms with van der Waals surface area (Å²) in [5.41, 5.74) is 6.33. The first-order valence-corrected chi connectivity index (χ1v) is 11.6. The van der Waals surface area contributed by atoms with Crippen LogP contribution >= 0.6 is 0 Å². The Bertz CT molecular complexity index is 1430. The first-order valence-electron chi connectivity index (χ1n) is 11.6. The van der Waals surface area contributed by atoms with E-state index in [2.05, 4.69) is 22.4 Å². The third-order valence-electron chi connectivity index (χ3n) is 7.17. The molecule has 1 aliphatic heterocycles. The van der Waals surface area contributed by atoms with Gasteiger partial charge in [-0.05, 0) is 79.3 Å². The number of carbonyl (C=O) groups is 1. The molecule has 172 valence electrons. The zero-order valence-corrected chi connectivity index (χ0v) is 19.1. The van der Waals surface area contributed by atoms with Gasteiger partial charge in [-0.25, -0.2) is 13.6 Å². The fourth-order valence-electron chi connectivity index (χ4n) is 5.61. The second-order valence-corrected chi connectivity index (χ2v) is 9.75. The molecule has 1 aliphatic carbocycles. The molecule has 1 aromatic heterocycles. The molecule has 6 rings (SSSR count). The number of hydrogen-bond acceptors (Lipinski definition) is 1. The Morgan fingerprint density at radius 1 is 1.00 bits per heavy atom. The highest BCUT2D eigenvalue weighted by Gasteiger charge is 2.54. The molecule has 0 radical (unpaired) electrons. The van der Waals surface area contributed by atoms with Crippen molar-refractivity contribution in [2.75, 3.05) is 11.9 Å². The van der Waals surface area contributed by atoms with Gasteiger partial charge < -0.3 is 15.2 Å². The Morgan fingerprint density at radius 3 is 2.44 bits per heavy atom. The van der Waals surface area contributed by atoms with Crippen LogP contribution in [0, 0.1) is 25.5 Å². The number of fused-ring (bicyclic) bond motifs is 4. The average molecular weight is 458 g/mol. The van der Waals surface area contributed by atoms with E-state index in [1.807, 2.05) is 44.2 Å². The first kappa shape index (κ1) is 20.9. The number of amides is 2. The molecule has 4 aromatic rings. The fraction of sp³-hybridized carbons (Fsp3) is 0.250. The number of aromatic amines is 1. The van der Waals surface area contributed by atoms with Crippen molar-refractivity contribution >= 4 is 22.6 Å². The average Bonchev–Trinajstić information content (AvgIpc) is 3.43. The van der Waals surface area contributed by atoms with E-state index in [0.29, 0.717) is 12.1 Å². The number of aryl methyl sites for hydroxylation is 2. The maximum atomic E-state index is 14.3. The molecule has 2 amide bonds. The van der Waals surface area contributed by atoms with Gasteiger partial charge in [0.05, 0.1) is 6.04 Å². The molecule has 1 saturated carbocycles. The van der Waals surface area contributed by atoms with E-state index >= 15 is 0 Å². The van der Waals surface area contributed by atoms with Gasteiger partial charge in [0.2, 0.25) is 0 Å². The summed E-state index contributed by atoms with van der Waals surface area (Å²) in [7, 11) is 0. The van der Waals surface area contributed by atoms with Crippen molar-refractivity contribution in [2.24, 2.45) is 0 Å². The van der Waals surface area contributed by atoms with Crippen LogP contribution in [-0.2, 0) is 5.41 Å². The summed E-state index contributed by atoms with van der Waals surface area (Å²) in [5.74, 6) is -1.82. The number of hydrogen-bond donors (Lipinski definition) is 2. The molecule has 1 fully saturated rings. The van der Waals surface area contributed by atoms with Gasteiger partial charge in [0.25, 0.3) is 0 Å². The van der Waals surface area contributed by atoms with Crippen molar-refractivity contribution in [3.8, 4) is 0 Å². The molecular weight excluding hydrogens is 432 g/mol. The normalized spacial score (nSPS) is 18.2. The lowest BCUT2D eigenvalue weighted by Gasteiger charge is -2.40. The minimum Gasteiger partial charge on any atom is -0.356 e. The lowest BCUT2D eigenvalue weighted by atomic mass is 9.83. The number of H-pyrrole nitrogens is 1. The van der Waals surface area contributed by atoms with E-state index in [1.165, 1.54) is 11.6 Å². The number of carbonyl (C=O) groups excluding carboxylic acids is 1. The van der Waals surface area contributed by atoms with Gasteiger partial charge in [-0.2, -0.15) is 0 Å². The zero-order chi connectivity index (χ0) is 23.6. The standard InChI is InChI=1S/C28H25F2N3O/c1-16-11-17(2)13-19(12-16)31-27(34)33-15-28(9-10-28)24-20-5-3-4-6-23(20)32-25(24)26(33)18-7-8-21(29)22(30)14-18/h3-8,11-14,26,32H,9-10,15H2,1-2H3,(H,31,34). The van der Waals surface area contributed by atoms with Crippen LogP contribution in [0.15, 0.2) is 60.7 Å². The summed E-state index contributed by atoms with van der Waals surface area (Å²) in [6.45, 7) is 4.50. The summed E-state index contributed by atoms with van der Waals surface area (Å²) in [6, 6.07) is 17.1. The quantitative estimate of drug-likeness (QED) is 0.344. The van der Waals surface area contributed by atoms with Crippen LogP contribution in [0.25, 0.3) is 10.9 Å². The summed E-state index contributed by atoms with van der Waals surface area (Å²) in [4.78, 5) is 19.0. The number of halogens is 2. The van der Waals surface area contributed by atoms with Crippen molar-refractivity contribution in [2.45, 2.75) is 38.1 Å². The zero-order valence-electron chi connectivity index (χ0n) is 19.1. The minimum atomic E-state index is -0.920. The Kier molecular flexibility index (Phi) is 4.56. The number of nitrogens with zero attached hydrogens (tertiary/aromatic N) is 1. The molecule has 2 heterocycles. The van der Waals surface area contributed by atoms with Gasteiger partial charge in [-0.15, -0.1) is 0 Å². The summed E-state index contributed by atoms with van der Waals surface area (Å²) in [5, 5.41) is 4.19. The summed E-state index contributed by atoms with van der Waals surface area (Å²) < 4.78 is 28.1. The number of para-hydroxylation sites is 1. The van der Waals surface area contributed by atoms with Crippen LogP contribution in [-0.4, -0.2) is 22.5 Å². The van der Waals surface area contributed by atoms with Crippen molar-refractivity contribution in [1.29, 1.82) is 0 Å². The highest BCUT2D eigenvalue weighted by molar-refractivity contribution is 5.92. The van der Waals surface area contributed by atoms with Crippen LogP contribution < -0.4 is 5.32 Å². The summed E-state index contributed by atoms with van der Waals surface area (Å²) in [6.07, 6.45) is 1.97. The van der Waals surface area contributed by atoms with Crippen molar-refractivity contribution in [1.82, 2.24) is 9.88 Å². The van der Waals surface area contributed by atoms with E-state index < -0.39 is 17.7 Å². The largest absolute Gasteiger partial charge is 0.356 e. The predicted molar refractivity (Wildman–Crippen MR) is 129 cm³/mol. The van der Waals surface area contributed by atoms with Crippen LogP contribution in [0.5, 0.6) is 0 Å². The highest BCUT2D eigenvalue weighted by Crippen LogP contribution is 2.57. The van der Waals surface area contributed by atoms with Crippen LogP contribution in [0.1, 0.15) is 46.8 Å². The molecule has 6 heteroatoms. The predicted octanol–water partition coefficient (Wildman–Crippen LogP) is 6.73. The number of rotatable bonds is 2. The van der Waals surface area contributed by atoms with Crippen LogP contribution in [0.4, 0.5) is 19.3 Å². The third kappa shape index (κ3) is 3.28. The van der Waals surface area contributed by atoms with E-state index in [1.54, 1.807) is 11.0 Å². The lowest BCUT2D eigenvalue weighted by Crippen LogP contribution is -2.47. The number of aromatic nitrogens is 1. The third-order valence-corrected chi connectivity index (χ3v) is 7.17. The summed E-state index contributed by atoms with van der Waals surface area (Å²) >= 11 is 0. The number of nitrogens with one attached hydrogen (secondary N) is 2. The van der Waals surface area contributed by atoms with Crippen molar-refractivity contribution in [3.63, 3.8) is 0 Å². The fourth-order valence-corrected chi connectivity index (χ4v) is 5.61. The molecule has 34 heavy (non-hydrogen) atoms. The molecule has 3 aromatic carbocycles. The van der Waals surface area contributed by atoms with Gasteiger partial charge in [-0.1, -0.05) is 30.3 Å². The highest BCUT2D eigenvalue weighted by atomic mass is 19.2. The lowest BCUT2D eigenvalue weighted by molar-refractivity contribution is 0.181. The monoisotopic (exact) mass is 457 g/mol. The molecule has 1 unspecified atom stereocenters. The van der Waals surface area contributed by atoms with Gasteiger partial charge in [0.1, 0.15) is 0 Å². The Labute approximate surface area is 196 Å². The molecule has 2 N–H and O–H groups in total. The van der Waals surface area contributed by atoms with Gasteiger partial charge in [0, 0.05) is 34.2 Å². The van der Waals surface area contributed by atoms with Crippen molar-refractivity contribution in [3.05, 3.63) is 100 Å². The minimum absolute atomic E-state index is 0.121. The Balaban J connectivity index is 1.50. The van der Waals surface area contributed by atoms with Gasteiger partial charge in [0.15, 0.2) is 11.6 Å². The first-order chi connectivity index (χ1) is 16.3. The van der Waals surface area contributed by atoms with E-state index in [4.69, 9.17) is 0 Å². The second kappa shape index (κ2) is 7.42. The molecule has 1 atom stereocenters. The van der Waals surface area contributed by atoms with Gasteiger partial charge >= 0.3 is 6.03 Å². The number of urea groups is 1.